The normalized spacial score (nSPS) is 12.6. The molecule has 0 fully saturated rings. The van der Waals surface area contributed by atoms with E-state index in [9.17, 15) is 9.46 Å². The minimum Gasteiger partial charge on any atom is -0.490 e. The van der Waals surface area contributed by atoms with E-state index in [-0.39, 0.29) is 17.2 Å². The van der Waals surface area contributed by atoms with Crippen LogP contribution in [0, 0.1) is 6.92 Å². The largest absolute Gasteiger partial charge is 0.585 e. The Morgan fingerprint density at radius 2 is 1.49 bits per heavy atom. The molecule has 0 spiro atoms. The average Bonchev–Trinajstić information content (AvgIpc) is 3.35. The summed E-state index contributed by atoms with van der Waals surface area (Å²) in [5.41, 5.74) is 2.97. The van der Waals surface area contributed by atoms with Gasteiger partial charge in [-0.05, 0) is 37.6 Å². The Morgan fingerprint density at radius 1 is 0.854 bits per heavy atom. The first-order chi connectivity index (χ1) is 19.9. The molecule has 2 aromatic carbocycles. The molecule has 0 aliphatic carbocycles. The summed E-state index contributed by atoms with van der Waals surface area (Å²) in [6.45, 7) is 5.48. The van der Waals surface area contributed by atoms with Crippen molar-refractivity contribution >= 4 is 19.2 Å². The molecule has 1 aromatic heterocycles. The molecule has 0 aliphatic heterocycles. The molecule has 0 saturated carbocycles. The second-order valence-electron chi connectivity index (χ2n) is 10.5. The molecule has 0 aliphatic rings. The minimum atomic E-state index is -4.49. The van der Waals surface area contributed by atoms with Gasteiger partial charge in [0.2, 0.25) is 11.3 Å². The number of ether oxygens (including phenoxy) is 2. The van der Waals surface area contributed by atoms with Crippen LogP contribution in [0.15, 0.2) is 54.2 Å². The van der Waals surface area contributed by atoms with Gasteiger partial charge in [-0.3, -0.25) is 4.89 Å². The van der Waals surface area contributed by atoms with E-state index in [0.29, 0.717) is 18.9 Å². The third-order valence-corrected chi connectivity index (χ3v) is 8.54. The number of para-hydroxylation sites is 1. The number of nitrogens with zero attached hydrogens (tertiary/aromatic N) is 1. The van der Waals surface area contributed by atoms with Crippen molar-refractivity contribution in [2.75, 3.05) is 13.7 Å². The standard InChI is InChI=1S/C32H46NO6PS/c1-4-5-6-7-8-9-10-11-12-13-14-15-22-37-30-20-17-21-31(32(30)36-3)39-40(34,35)38-29-19-16-18-28(23-29)25-33-24-27(2)41-26-33/h16-21,23-24,26H,4-15,22,25H2,1-3H3/p+1. The van der Waals surface area contributed by atoms with Crippen molar-refractivity contribution in [3.8, 4) is 23.0 Å². The highest BCUT2D eigenvalue weighted by Crippen LogP contribution is 2.49. The number of hydrogen-bond donors (Lipinski definition) is 1. The van der Waals surface area contributed by atoms with Gasteiger partial charge >= 0.3 is 7.82 Å². The van der Waals surface area contributed by atoms with Crippen LogP contribution in [0.2, 0.25) is 0 Å². The van der Waals surface area contributed by atoms with E-state index in [1.54, 1.807) is 47.7 Å². The number of aromatic nitrogens is 1. The zero-order chi connectivity index (χ0) is 29.3. The summed E-state index contributed by atoms with van der Waals surface area (Å²) in [6.07, 6.45) is 17.4. The molecule has 1 unspecified atom stereocenters. The van der Waals surface area contributed by atoms with E-state index >= 15 is 0 Å². The number of unbranched alkanes of at least 4 members (excludes halogenated alkanes) is 11. The monoisotopic (exact) mass is 604 g/mol. The number of phosphoric ester groups is 1. The molecule has 9 heteroatoms. The van der Waals surface area contributed by atoms with Crippen LogP contribution in [0.5, 0.6) is 23.0 Å². The van der Waals surface area contributed by atoms with Crippen LogP contribution in [-0.4, -0.2) is 18.6 Å². The molecule has 41 heavy (non-hydrogen) atoms. The van der Waals surface area contributed by atoms with Crippen LogP contribution in [0.3, 0.4) is 0 Å². The molecule has 1 atom stereocenters. The van der Waals surface area contributed by atoms with Gasteiger partial charge in [-0.15, -0.1) is 0 Å². The van der Waals surface area contributed by atoms with Gasteiger partial charge in [0.15, 0.2) is 24.2 Å². The molecule has 3 aromatic rings. The lowest BCUT2D eigenvalue weighted by atomic mass is 10.1. The number of phosphoric acid groups is 1. The van der Waals surface area contributed by atoms with Crippen molar-refractivity contribution < 1.29 is 32.5 Å². The molecule has 1 N–H and O–H groups in total. The Balaban J connectivity index is 1.42. The number of aryl methyl sites for hydroxylation is 1. The van der Waals surface area contributed by atoms with Gasteiger partial charge in [0.05, 0.1) is 18.6 Å². The minimum absolute atomic E-state index is 0.0889. The fourth-order valence-corrected chi connectivity index (χ4v) is 6.17. The summed E-state index contributed by atoms with van der Waals surface area (Å²) in [5.74, 6) is 1.07. The first-order valence-corrected chi connectivity index (χ1v) is 17.3. The van der Waals surface area contributed by atoms with Gasteiger partial charge in [-0.1, -0.05) is 107 Å². The maximum atomic E-state index is 12.9. The Morgan fingerprint density at radius 3 is 2.12 bits per heavy atom. The molecule has 3 rings (SSSR count). The topological polar surface area (TPSA) is 78.1 Å². The van der Waals surface area contributed by atoms with Gasteiger partial charge in [-0.25, -0.2) is 4.57 Å². The summed E-state index contributed by atoms with van der Waals surface area (Å²) in [5, 5.41) is 0. The predicted molar refractivity (Wildman–Crippen MR) is 165 cm³/mol. The average molecular weight is 605 g/mol. The van der Waals surface area contributed by atoms with Crippen LogP contribution in [0.1, 0.15) is 94.4 Å². The van der Waals surface area contributed by atoms with Gasteiger partial charge in [0.1, 0.15) is 5.75 Å². The van der Waals surface area contributed by atoms with Gasteiger partial charge < -0.3 is 18.5 Å². The predicted octanol–water partition coefficient (Wildman–Crippen LogP) is 9.04. The zero-order valence-corrected chi connectivity index (χ0v) is 26.6. The van der Waals surface area contributed by atoms with E-state index in [0.717, 1.165) is 18.4 Å². The van der Waals surface area contributed by atoms with Crippen molar-refractivity contribution in [1.29, 1.82) is 0 Å². The number of thiazole rings is 1. The van der Waals surface area contributed by atoms with E-state index in [1.165, 1.54) is 76.2 Å². The molecule has 0 amide bonds. The lowest BCUT2D eigenvalue weighted by Crippen LogP contribution is -2.30. The first kappa shape index (κ1) is 33.0. The molecular formula is C32H47NO6PS+. The first-order valence-electron chi connectivity index (χ1n) is 14.9. The maximum absolute atomic E-state index is 12.9. The highest BCUT2D eigenvalue weighted by Gasteiger charge is 2.28. The van der Waals surface area contributed by atoms with Crippen molar-refractivity contribution in [3.05, 3.63) is 64.6 Å². The molecule has 7 nitrogen and oxygen atoms in total. The summed E-state index contributed by atoms with van der Waals surface area (Å²) < 4.78 is 37.2. The number of hydrogen-bond acceptors (Lipinski definition) is 6. The molecule has 0 saturated heterocycles. The van der Waals surface area contributed by atoms with Crippen LogP contribution in [-0.2, 0) is 11.1 Å². The Labute approximate surface area is 250 Å². The molecule has 0 bridgehead atoms. The quantitative estimate of drug-likeness (QED) is 0.0743. The summed E-state index contributed by atoms with van der Waals surface area (Å²) in [6, 6.07) is 12.1. The second-order valence-corrected chi connectivity index (χ2v) is 12.9. The van der Waals surface area contributed by atoms with Crippen molar-refractivity contribution in [3.63, 3.8) is 0 Å². The second kappa shape index (κ2) is 18.1. The summed E-state index contributed by atoms with van der Waals surface area (Å²) in [4.78, 5) is 11.7. The van der Waals surface area contributed by atoms with Crippen molar-refractivity contribution in [1.82, 2.24) is 0 Å². The van der Waals surface area contributed by atoms with Gasteiger partial charge in [0.25, 0.3) is 0 Å². The van der Waals surface area contributed by atoms with E-state index in [2.05, 4.69) is 17.7 Å². The lowest BCUT2D eigenvalue weighted by molar-refractivity contribution is -0.683. The third-order valence-electron chi connectivity index (χ3n) is 6.82. The van der Waals surface area contributed by atoms with E-state index < -0.39 is 7.82 Å². The van der Waals surface area contributed by atoms with Gasteiger partial charge in [0, 0.05) is 5.56 Å². The lowest BCUT2D eigenvalue weighted by Gasteiger charge is -2.18. The van der Waals surface area contributed by atoms with Crippen LogP contribution < -0.4 is 23.1 Å². The smallest absolute Gasteiger partial charge is 0.490 e. The van der Waals surface area contributed by atoms with Crippen LogP contribution >= 0.6 is 19.2 Å². The Bertz CT molecular complexity index is 1220. The van der Waals surface area contributed by atoms with Gasteiger partial charge in [-0.2, -0.15) is 4.57 Å². The summed E-state index contributed by atoms with van der Waals surface area (Å²) >= 11 is 1.66. The van der Waals surface area contributed by atoms with Crippen LogP contribution in [0.4, 0.5) is 0 Å². The highest BCUT2D eigenvalue weighted by molar-refractivity contribution is 7.48. The van der Waals surface area contributed by atoms with E-state index in [4.69, 9.17) is 18.5 Å². The Kier molecular flexibility index (Phi) is 14.5. The van der Waals surface area contributed by atoms with Crippen molar-refractivity contribution in [2.45, 2.75) is 97.4 Å². The number of benzene rings is 2. The summed E-state index contributed by atoms with van der Waals surface area (Å²) in [7, 11) is -3.01. The molecule has 0 radical (unpaired) electrons. The molecule has 1 heterocycles. The Hall–Kier alpha value is -2.54. The number of rotatable bonds is 21. The zero-order valence-electron chi connectivity index (χ0n) is 24.9. The molecular weight excluding hydrogens is 557 g/mol. The third kappa shape index (κ3) is 12.5. The van der Waals surface area contributed by atoms with Crippen molar-refractivity contribution in [2.24, 2.45) is 0 Å². The highest BCUT2D eigenvalue weighted by atomic mass is 32.1. The van der Waals surface area contributed by atoms with Crippen LogP contribution in [0.25, 0.3) is 0 Å². The molecule has 226 valence electrons. The number of methoxy groups -OCH3 is 1. The van der Waals surface area contributed by atoms with E-state index in [1.807, 2.05) is 18.5 Å². The SMILES string of the molecule is CCCCCCCCCCCCCCOc1cccc(OP(=O)(O)Oc2cccc(C[n+]3csc(C)c3)c2)c1OC. The maximum Gasteiger partial charge on any atom is 0.585 e. The fourth-order valence-electron chi connectivity index (χ4n) is 4.72. The fraction of sp³-hybridized carbons (Fsp3) is 0.531.